The summed E-state index contributed by atoms with van der Waals surface area (Å²) in [5.41, 5.74) is -0.849. The van der Waals surface area contributed by atoms with Crippen LogP contribution in [0.1, 0.15) is 140 Å². The molecule has 0 aromatic heterocycles. The summed E-state index contributed by atoms with van der Waals surface area (Å²) in [4.78, 5) is 149. The first-order valence-electron chi connectivity index (χ1n) is 25.4. The second kappa shape index (κ2) is 30.0. The second-order valence-electron chi connectivity index (χ2n) is 21.1. The Morgan fingerprint density at radius 3 is 1.66 bits per heavy atom. The van der Waals surface area contributed by atoms with Crippen LogP contribution in [0.25, 0.3) is 0 Å². The van der Waals surface area contributed by atoms with Crippen LogP contribution in [0.2, 0.25) is 0 Å². The molecule has 1 aromatic rings. The van der Waals surface area contributed by atoms with Gasteiger partial charge in [0.1, 0.15) is 47.5 Å². The highest BCUT2D eigenvalue weighted by molar-refractivity contribution is 6.38. The van der Waals surface area contributed by atoms with Crippen LogP contribution in [-0.2, 0) is 73.6 Å². The van der Waals surface area contributed by atoms with Gasteiger partial charge in [0.25, 0.3) is 5.91 Å². The minimum atomic E-state index is -1.46. The maximum absolute atomic E-state index is 14.4. The fourth-order valence-corrected chi connectivity index (χ4v) is 7.83. The number of ether oxygens (including phenoxy) is 3. The van der Waals surface area contributed by atoms with Gasteiger partial charge < -0.3 is 56.3 Å². The average Bonchev–Trinajstić information content (AvgIpc) is 3.80. The lowest BCUT2D eigenvalue weighted by Gasteiger charge is -2.33. The van der Waals surface area contributed by atoms with Crippen molar-refractivity contribution in [3.63, 3.8) is 0 Å². The molecule has 0 bridgehead atoms. The summed E-state index contributed by atoms with van der Waals surface area (Å²) in [5, 5.41) is 18.0. The minimum Gasteiger partial charge on any atom is -0.460 e. The van der Waals surface area contributed by atoms with E-state index in [0.717, 1.165) is 5.56 Å². The van der Waals surface area contributed by atoms with Crippen LogP contribution in [0.3, 0.4) is 0 Å². The van der Waals surface area contributed by atoms with E-state index in [1.54, 1.807) is 76.2 Å². The smallest absolute Gasteiger partial charge is 0.306 e. The van der Waals surface area contributed by atoms with Crippen molar-refractivity contribution >= 4 is 65.0 Å². The molecular formula is C52H82N8O14. The number of hydrogen-bond donors (Lipinski definition) is 7. The summed E-state index contributed by atoms with van der Waals surface area (Å²) in [6, 6.07) is 0.248. The average molecular weight is 1040 g/mol. The standard InChI is InChI=1S/C52H82N8O14/c1-14-19-34(43(64)49(70)57-37(44(65)53-13)29-72-28-33-20-16-15-17-21-33)55-47(68)38-22-18-27-60(38)50(71)42(31(4)5)59-48(69)41(30(2)3)58-46(67)36(24-26-40(63)74-52(10,11)12)56-45(66)35(54-32(6)61)23-25-39(62)73-51(7,8)9/h15-17,20-21,30-31,34-38,41-42H,14,18-19,22-29H2,1-13H3,(H,53,65)(H,54,61)(H,55,68)(H,56,66)(H,57,70)(H,58,67)(H,59,69)/t34-,35-,36-,37-,38-,41-,42-/m0/s1. The van der Waals surface area contributed by atoms with Gasteiger partial charge in [-0.05, 0) is 91.0 Å². The number of carbonyl (C=O) groups is 11. The van der Waals surface area contributed by atoms with Gasteiger partial charge in [0, 0.05) is 33.4 Å². The number of amides is 8. The Labute approximate surface area is 435 Å². The number of hydrogen-bond acceptors (Lipinski definition) is 14. The maximum Gasteiger partial charge on any atom is 0.306 e. The van der Waals surface area contributed by atoms with E-state index in [2.05, 4.69) is 37.2 Å². The molecule has 74 heavy (non-hydrogen) atoms. The van der Waals surface area contributed by atoms with Crippen molar-refractivity contribution in [2.75, 3.05) is 20.2 Å². The normalized spacial score (nSPS) is 16.0. The zero-order valence-corrected chi connectivity index (χ0v) is 45.5. The number of Topliss-reactive ketones (excluding diaryl/α,β-unsaturated/α-hetero) is 1. The molecule has 1 fully saturated rings. The molecule has 8 amide bonds. The number of rotatable bonds is 28. The molecule has 22 heteroatoms. The molecule has 0 saturated carbocycles. The van der Waals surface area contributed by atoms with Crippen LogP contribution in [-0.4, -0.2) is 144 Å². The lowest BCUT2D eigenvalue weighted by Crippen LogP contribution is -2.61. The van der Waals surface area contributed by atoms with Gasteiger partial charge in [-0.2, -0.15) is 0 Å². The molecule has 1 aliphatic heterocycles. The Morgan fingerprint density at radius 2 is 1.16 bits per heavy atom. The van der Waals surface area contributed by atoms with Gasteiger partial charge in [-0.25, -0.2) is 0 Å². The minimum absolute atomic E-state index is 0.0658. The Morgan fingerprint density at radius 1 is 0.635 bits per heavy atom. The quantitative estimate of drug-likeness (QED) is 0.0466. The van der Waals surface area contributed by atoms with Crippen molar-refractivity contribution in [3.05, 3.63) is 35.9 Å². The van der Waals surface area contributed by atoms with Crippen LogP contribution < -0.4 is 37.2 Å². The van der Waals surface area contributed by atoms with Gasteiger partial charge >= 0.3 is 11.9 Å². The van der Waals surface area contributed by atoms with Crippen LogP contribution in [0.5, 0.6) is 0 Å². The predicted octanol–water partition coefficient (Wildman–Crippen LogP) is 1.79. The van der Waals surface area contributed by atoms with Crippen molar-refractivity contribution in [2.45, 2.75) is 195 Å². The van der Waals surface area contributed by atoms with Gasteiger partial charge in [0.15, 0.2) is 0 Å². The Balaban J connectivity index is 2.29. The van der Waals surface area contributed by atoms with E-state index >= 15 is 0 Å². The Kier molecular flexibility index (Phi) is 25.9. The lowest BCUT2D eigenvalue weighted by atomic mass is 9.98. The molecule has 414 valence electrons. The lowest BCUT2D eigenvalue weighted by molar-refractivity contribution is -0.156. The molecule has 7 atom stereocenters. The van der Waals surface area contributed by atoms with Crippen molar-refractivity contribution in [3.8, 4) is 0 Å². The zero-order chi connectivity index (χ0) is 56.1. The highest BCUT2D eigenvalue weighted by Gasteiger charge is 2.42. The number of ketones is 1. The fraction of sp³-hybridized carbons (Fsp3) is 0.673. The summed E-state index contributed by atoms with van der Waals surface area (Å²) < 4.78 is 16.4. The van der Waals surface area contributed by atoms with E-state index in [9.17, 15) is 52.7 Å². The number of nitrogens with one attached hydrogen (secondary N) is 7. The first-order chi connectivity index (χ1) is 34.5. The van der Waals surface area contributed by atoms with E-state index in [0.29, 0.717) is 12.8 Å². The van der Waals surface area contributed by atoms with Crippen LogP contribution in [0.15, 0.2) is 30.3 Å². The van der Waals surface area contributed by atoms with Gasteiger partial charge in [0.05, 0.1) is 19.3 Å². The van der Waals surface area contributed by atoms with Crippen LogP contribution in [0.4, 0.5) is 0 Å². The third-order valence-corrected chi connectivity index (χ3v) is 11.5. The van der Waals surface area contributed by atoms with Gasteiger partial charge in [-0.1, -0.05) is 71.4 Å². The van der Waals surface area contributed by atoms with Gasteiger partial charge in [0.2, 0.25) is 47.1 Å². The molecule has 0 unspecified atom stereocenters. The highest BCUT2D eigenvalue weighted by atomic mass is 16.6. The number of nitrogens with zero attached hydrogens (tertiary/aromatic N) is 1. The summed E-state index contributed by atoms with van der Waals surface area (Å²) >= 11 is 0. The molecule has 2 rings (SSSR count). The molecule has 1 aliphatic rings. The van der Waals surface area contributed by atoms with E-state index < -0.39 is 130 Å². The first-order valence-corrected chi connectivity index (χ1v) is 25.4. The summed E-state index contributed by atoms with van der Waals surface area (Å²) in [5.74, 6) is -9.58. The van der Waals surface area contributed by atoms with Gasteiger partial charge in [-0.3, -0.25) is 52.7 Å². The third kappa shape index (κ3) is 22.3. The van der Waals surface area contributed by atoms with Crippen molar-refractivity contribution in [1.82, 2.24) is 42.1 Å². The molecule has 1 aromatic carbocycles. The Bertz CT molecular complexity index is 2120. The van der Waals surface area contributed by atoms with E-state index in [1.165, 1.54) is 18.9 Å². The summed E-state index contributed by atoms with van der Waals surface area (Å²) in [6.45, 7) is 19.6. The molecule has 1 saturated heterocycles. The predicted molar refractivity (Wildman–Crippen MR) is 272 cm³/mol. The van der Waals surface area contributed by atoms with Crippen molar-refractivity contribution in [2.24, 2.45) is 11.8 Å². The third-order valence-electron chi connectivity index (χ3n) is 11.5. The highest BCUT2D eigenvalue weighted by Crippen LogP contribution is 2.22. The van der Waals surface area contributed by atoms with E-state index in [1.807, 2.05) is 30.3 Å². The van der Waals surface area contributed by atoms with Crippen LogP contribution >= 0.6 is 0 Å². The molecule has 22 nitrogen and oxygen atoms in total. The number of likely N-dealkylation sites (N-methyl/N-ethyl adjacent to an activating group) is 1. The van der Waals surface area contributed by atoms with Gasteiger partial charge in [-0.15, -0.1) is 0 Å². The number of carbonyl (C=O) groups excluding carboxylic acids is 11. The summed E-state index contributed by atoms with van der Waals surface area (Å²) in [6.07, 6.45) is -0.0234. The van der Waals surface area contributed by atoms with Crippen LogP contribution in [0, 0.1) is 11.8 Å². The second-order valence-corrected chi connectivity index (χ2v) is 21.1. The van der Waals surface area contributed by atoms with Crippen molar-refractivity contribution in [1.29, 1.82) is 0 Å². The molecule has 0 aliphatic carbocycles. The molecule has 0 radical (unpaired) electrons. The largest absolute Gasteiger partial charge is 0.460 e. The number of benzene rings is 1. The van der Waals surface area contributed by atoms with E-state index in [-0.39, 0.29) is 58.3 Å². The molecule has 0 spiro atoms. The number of likely N-dealkylation sites (tertiary alicyclic amines) is 1. The molecular weight excluding hydrogens is 961 g/mol. The maximum atomic E-state index is 14.4. The van der Waals surface area contributed by atoms with Crippen molar-refractivity contribution < 1.29 is 67.0 Å². The summed E-state index contributed by atoms with van der Waals surface area (Å²) in [7, 11) is 1.37. The monoisotopic (exact) mass is 1040 g/mol. The topological polar surface area (TPSA) is 303 Å². The fourth-order valence-electron chi connectivity index (χ4n) is 7.83. The Hall–Kier alpha value is -6.45. The molecule has 1 heterocycles. The SMILES string of the molecule is CCC[C@H](NC(=O)[C@@H]1CCCN1C(=O)[C@@H](NC(=O)[C@@H](NC(=O)[C@H](CCC(=O)OC(C)(C)C)NC(=O)[C@H](CCC(=O)OC(C)(C)C)NC(C)=O)C(C)C)C(C)C)C(=O)C(=O)N[C@@H](COCc1ccccc1)C(=O)NC. The molecule has 7 N–H and O–H groups in total. The zero-order valence-electron chi connectivity index (χ0n) is 45.5. The van der Waals surface area contributed by atoms with E-state index in [4.69, 9.17) is 14.2 Å². The number of esters is 2. The first kappa shape index (κ1) is 63.7.